The first-order valence-corrected chi connectivity index (χ1v) is 6.60. The van der Waals surface area contributed by atoms with E-state index >= 15 is 0 Å². The topological polar surface area (TPSA) is 46.3 Å². The molecule has 0 radical (unpaired) electrons. The molecule has 1 saturated heterocycles. The first kappa shape index (κ1) is 12.2. The number of alkyl halides is 1. The summed E-state index contributed by atoms with van der Waals surface area (Å²) in [5, 5.41) is 0. The Morgan fingerprint density at radius 2 is 2.21 bits per heavy atom. The Morgan fingerprint density at radius 3 is 2.79 bits per heavy atom. The monoisotopic (exact) mass is 310 g/mol. The minimum atomic E-state index is 0.334. The lowest BCUT2D eigenvalue weighted by Crippen LogP contribution is -2.28. The van der Waals surface area contributed by atoms with Gasteiger partial charge in [0.15, 0.2) is 0 Å². The molecule has 1 heterocycles. The van der Waals surface area contributed by atoms with Gasteiger partial charge in [0.2, 0.25) is 5.91 Å². The minimum absolute atomic E-state index is 0.334. The maximum atomic E-state index is 11.6. The van der Waals surface area contributed by atoms with E-state index in [2.05, 4.69) is 22.6 Å². The van der Waals surface area contributed by atoms with E-state index in [1.165, 1.54) is 0 Å². The van der Waals surface area contributed by atoms with Crippen LogP contribution in [-0.2, 0) is 4.79 Å². The second kappa shape index (κ2) is 6.61. The first-order valence-electron chi connectivity index (χ1n) is 5.36. The van der Waals surface area contributed by atoms with Crippen LogP contribution in [-0.4, -0.2) is 34.4 Å². The molecular formula is C10H19IN2O. The maximum Gasteiger partial charge on any atom is 0.222 e. The molecule has 4 heteroatoms. The highest BCUT2D eigenvalue weighted by molar-refractivity contribution is 14.1. The van der Waals surface area contributed by atoms with E-state index in [-0.39, 0.29) is 0 Å². The molecule has 1 aliphatic rings. The summed E-state index contributed by atoms with van der Waals surface area (Å²) in [7, 11) is 0. The van der Waals surface area contributed by atoms with Gasteiger partial charge in [0.25, 0.3) is 0 Å². The SMILES string of the molecule is NCCCCCC(=O)N1CCC(I)C1. The molecule has 3 nitrogen and oxygen atoms in total. The summed E-state index contributed by atoms with van der Waals surface area (Å²) in [5.41, 5.74) is 5.39. The zero-order valence-electron chi connectivity index (χ0n) is 8.54. The number of carbonyl (C=O) groups is 1. The van der Waals surface area contributed by atoms with E-state index in [4.69, 9.17) is 5.73 Å². The fourth-order valence-electron chi connectivity index (χ4n) is 1.70. The molecule has 0 aromatic carbocycles. The van der Waals surface area contributed by atoms with E-state index < -0.39 is 0 Å². The van der Waals surface area contributed by atoms with Crippen molar-refractivity contribution in [2.75, 3.05) is 19.6 Å². The molecule has 82 valence electrons. The van der Waals surface area contributed by atoms with Crippen LogP contribution >= 0.6 is 22.6 Å². The molecule has 2 N–H and O–H groups in total. The van der Waals surface area contributed by atoms with E-state index in [0.717, 1.165) is 45.3 Å². The normalized spacial score (nSPS) is 21.6. The van der Waals surface area contributed by atoms with Crippen molar-refractivity contribution < 1.29 is 4.79 Å². The number of likely N-dealkylation sites (tertiary alicyclic amines) is 1. The van der Waals surface area contributed by atoms with Crippen molar-refractivity contribution >= 4 is 28.5 Å². The molecule has 0 aromatic rings. The number of nitrogens with zero attached hydrogens (tertiary/aromatic N) is 1. The second-order valence-electron chi connectivity index (χ2n) is 3.83. The van der Waals surface area contributed by atoms with Crippen molar-refractivity contribution in [1.82, 2.24) is 4.90 Å². The molecule has 0 aliphatic carbocycles. The number of unbranched alkanes of at least 4 members (excludes halogenated alkanes) is 2. The van der Waals surface area contributed by atoms with Crippen molar-refractivity contribution in [1.29, 1.82) is 0 Å². The van der Waals surface area contributed by atoms with Crippen molar-refractivity contribution in [3.63, 3.8) is 0 Å². The number of rotatable bonds is 5. The van der Waals surface area contributed by atoms with Gasteiger partial charge < -0.3 is 10.6 Å². The van der Waals surface area contributed by atoms with Crippen LogP contribution in [0.25, 0.3) is 0 Å². The van der Waals surface area contributed by atoms with Crippen LogP contribution in [0, 0.1) is 0 Å². The fourth-order valence-corrected chi connectivity index (χ4v) is 2.45. The van der Waals surface area contributed by atoms with Crippen molar-refractivity contribution in [3.8, 4) is 0 Å². The summed E-state index contributed by atoms with van der Waals surface area (Å²) in [6, 6.07) is 0. The fraction of sp³-hybridized carbons (Fsp3) is 0.900. The summed E-state index contributed by atoms with van der Waals surface area (Å²) < 4.78 is 0.667. The first-order chi connectivity index (χ1) is 6.74. The lowest BCUT2D eigenvalue weighted by molar-refractivity contribution is -0.130. The van der Waals surface area contributed by atoms with E-state index in [9.17, 15) is 4.79 Å². The van der Waals surface area contributed by atoms with Crippen molar-refractivity contribution in [2.24, 2.45) is 5.73 Å². The predicted octanol–water partition coefficient (Wildman–Crippen LogP) is 1.54. The zero-order chi connectivity index (χ0) is 10.4. The Kier molecular flexibility index (Phi) is 5.77. The van der Waals surface area contributed by atoms with Crippen LogP contribution in [0.5, 0.6) is 0 Å². The lowest BCUT2D eigenvalue weighted by Gasteiger charge is -2.15. The Morgan fingerprint density at radius 1 is 1.43 bits per heavy atom. The van der Waals surface area contributed by atoms with Gasteiger partial charge in [-0.3, -0.25) is 4.79 Å². The predicted molar refractivity (Wildman–Crippen MR) is 66.5 cm³/mol. The van der Waals surface area contributed by atoms with Gasteiger partial charge in [0, 0.05) is 23.4 Å². The number of amides is 1. The number of nitrogens with two attached hydrogens (primary N) is 1. The quantitative estimate of drug-likeness (QED) is 0.476. The van der Waals surface area contributed by atoms with Crippen LogP contribution in [0.1, 0.15) is 32.1 Å². The molecule has 1 rings (SSSR count). The Hall–Kier alpha value is 0.160. The lowest BCUT2D eigenvalue weighted by atomic mass is 10.2. The van der Waals surface area contributed by atoms with Crippen LogP contribution in [0.3, 0.4) is 0 Å². The van der Waals surface area contributed by atoms with Gasteiger partial charge in [-0.15, -0.1) is 0 Å². The van der Waals surface area contributed by atoms with Crippen LogP contribution in [0.4, 0.5) is 0 Å². The number of hydrogen-bond acceptors (Lipinski definition) is 2. The van der Waals surface area contributed by atoms with Gasteiger partial charge in [-0.05, 0) is 25.8 Å². The molecule has 0 saturated carbocycles. The zero-order valence-corrected chi connectivity index (χ0v) is 10.7. The van der Waals surface area contributed by atoms with Gasteiger partial charge in [0.05, 0.1) is 0 Å². The van der Waals surface area contributed by atoms with Crippen LogP contribution in [0.15, 0.2) is 0 Å². The third-order valence-electron chi connectivity index (χ3n) is 2.58. The highest BCUT2D eigenvalue weighted by Gasteiger charge is 2.23. The molecule has 0 aromatic heterocycles. The molecule has 0 spiro atoms. The van der Waals surface area contributed by atoms with Gasteiger partial charge in [-0.2, -0.15) is 0 Å². The Labute approximate surface area is 99.5 Å². The van der Waals surface area contributed by atoms with E-state index in [0.29, 0.717) is 16.3 Å². The smallest absolute Gasteiger partial charge is 0.222 e. The molecule has 1 atom stereocenters. The molecule has 14 heavy (non-hydrogen) atoms. The van der Waals surface area contributed by atoms with Crippen LogP contribution in [0.2, 0.25) is 0 Å². The molecule has 1 unspecified atom stereocenters. The Balaban J connectivity index is 2.09. The second-order valence-corrected chi connectivity index (χ2v) is 5.59. The summed E-state index contributed by atoms with van der Waals surface area (Å²) >= 11 is 2.42. The number of hydrogen-bond donors (Lipinski definition) is 1. The molecule has 1 aliphatic heterocycles. The van der Waals surface area contributed by atoms with E-state index in [1.807, 2.05) is 4.90 Å². The highest BCUT2D eigenvalue weighted by atomic mass is 127. The minimum Gasteiger partial charge on any atom is -0.342 e. The molecule has 1 fully saturated rings. The molecule has 0 bridgehead atoms. The Bertz CT molecular complexity index is 187. The molecule has 1 amide bonds. The summed E-state index contributed by atoms with van der Waals surface area (Å²) in [4.78, 5) is 13.6. The average Bonchev–Trinajstić information content (AvgIpc) is 2.59. The standard InChI is InChI=1S/C10H19IN2O/c11-9-5-7-13(8-9)10(14)4-2-1-3-6-12/h9H,1-8,12H2. The van der Waals surface area contributed by atoms with Crippen LogP contribution < -0.4 is 5.73 Å². The van der Waals surface area contributed by atoms with Crippen molar-refractivity contribution in [2.45, 2.75) is 36.0 Å². The third-order valence-corrected chi connectivity index (χ3v) is 3.59. The van der Waals surface area contributed by atoms with Crippen molar-refractivity contribution in [3.05, 3.63) is 0 Å². The maximum absolute atomic E-state index is 11.6. The van der Waals surface area contributed by atoms with Gasteiger partial charge >= 0.3 is 0 Å². The summed E-state index contributed by atoms with van der Waals surface area (Å²) in [6.07, 6.45) is 5.00. The third kappa shape index (κ3) is 4.13. The largest absolute Gasteiger partial charge is 0.342 e. The number of halogens is 1. The number of carbonyl (C=O) groups excluding carboxylic acids is 1. The van der Waals surface area contributed by atoms with Gasteiger partial charge in [-0.25, -0.2) is 0 Å². The summed E-state index contributed by atoms with van der Waals surface area (Å²) in [5.74, 6) is 0.334. The van der Waals surface area contributed by atoms with Gasteiger partial charge in [-0.1, -0.05) is 29.0 Å². The van der Waals surface area contributed by atoms with E-state index in [1.54, 1.807) is 0 Å². The van der Waals surface area contributed by atoms with Gasteiger partial charge in [0.1, 0.15) is 0 Å². The highest BCUT2D eigenvalue weighted by Crippen LogP contribution is 2.18. The molecular weight excluding hydrogens is 291 g/mol. The summed E-state index contributed by atoms with van der Waals surface area (Å²) in [6.45, 7) is 2.66. The average molecular weight is 310 g/mol.